The number of nitrogens with zero attached hydrogens (tertiary/aromatic N) is 7. The number of morpholine rings is 1. The van der Waals surface area contributed by atoms with Crippen molar-refractivity contribution in [3.63, 3.8) is 0 Å². The predicted octanol–water partition coefficient (Wildman–Crippen LogP) is 1.51. The van der Waals surface area contributed by atoms with Gasteiger partial charge in [-0.2, -0.15) is 4.98 Å². The fraction of sp³-hybridized carbons (Fsp3) is 0.625. The van der Waals surface area contributed by atoms with Crippen molar-refractivity contribution in [1.29, 1.82) is 0 Å². The Balaban J connectivity index is 1.35. The number of hydrogen-bond donors (Lipinski definition) is 1. The number of nitrogen functional groups attached to an aromatic ring is 1. The van der Waals surface area contributed by atoms with Crippen molar-refractivity contribution >= 4 is 23.6 Å². The first kappa shape index (κ1) is 21.5. The molecule has 6 rings (SSSR count). The molecule has 3 fully saturated rings. The van der Waals surface area contributed by atoms with Gasteiger partial charge in [0, 0.05) is 62.7 Å². The molecule has 34 heavy (non-hydrogen) atoms. The Hall–Kier alpha value is -3.01. The fourth-order valence-electron chi connectivity index (χ4n) is 5.45. The topological polar surface area (TPSA) is 114 Å². The highest BCUT2D eigenvalue weighted by atomic mass is 16.5. The van der Waals surface area contributed by atoms with E-state index in [0.717, 1.165) is 68.2 Å². The minimum Gasteiger partial charge on any atom is -0.378 e. The third-order valence-corrected chi connectivity index (χ3v) is 7.67. The lowest BCUT2D eigenvalue weighted by Crippen LogP contribution is -2.49. The molecule has 0 unspecified atom stereocenters. The van der Waals surface area contributed by atoms with Gasteiger partial charge in [-0.15, -0.1) is 0 Å². The number of rotatable bonds is 5. The minimum absolute atomic E-state index is 0.143. The number of likely N-dealkylation sites (tertiary alicyclic amines) is 1. The number of anilines is 3. The van der Waals surface area contributed by atoms with Crippen LogP contribution in [0.5, 0.6) is 0 Å². The first-order valence-corrected chi connectivity index (χ1v) is 12.4. The number of carbonyl (C=O) groups excluding carboxylic acids is 1. The molecule has 1 aliphatic carbocycles. The molecule has 2 aromatic heterocycles. The van der Waals surface area contributed by atoms with Crippen LogP contribution in [0.4, 0.5) is 17.7 Å². The third kappa shape index (κ3) is 3.93. The Morgan fingerprint density at radius 3 is 2.65 bits per heavy atom. The van der Waals surface area contributed by atoms with Crippen LogP contribution in [0.3, 0.4) is 0 Å². The monoisotopic (exact) mass is 464 g/mol. The molecule has 0 radical (unpaired) electrons. The van der Waals surface area contributed by atoms with Gasteiger partial charge in [0.15, 0.2) is 0 Å². The number of aromatic nitrogens is 4. The Labute approximate surface area is 199 Å². The molecule has 1 atom stereocenters. The number of ether oxygens (including phenoxy) is 1. The Morgan fingerprint density at radius 2 is 1.91 bits per heavy atom. The molecule has 180 valence electrons. The van der Waals surface area contributed by atoms with Crippen LogP contribution in [0, 0.1) is 5.92 Å². The molecule has 2 saturated heterocycles. The molecule has 0 spiro atoms. The summed E-state index contributed by atoms with van der Waals surface area (Å²) in [4.78, 5) is 38.0. The summed E-state index contributed by atoms with van der Waals surface area (Å²) in [6, 6.07) is 0. The summed E-state index contributed by atoms with van der Waals surface area (Å²) in [6.07, 6.45) is 8.39. The van der Waals surface area contributed by atoms with Gasteiger partial charge in [0.1, 0.15) is 5.82 Å². The van der Waals surface area contributed by atoms with E-state index in [0.29, 0.717) is 37.4 Å². The number of nitrogens with two attached hydrogens (primary N) is 1. The summed E-state index contributed by atoms with van der Waals surface area (Å²) in [5.41, 5.74) is 8.44. The zero-order valence-electron chi connectivity index (χ0n) is 19.7. The molecule has 1 saturated carbocycles. The summed E-state index contributed by atoms with van der Waals surface area (Å²) < 4.78 is 5.55. The molecule has 5 heterocycles. The SMILES string of the molecule is C[C@@]1(N2CCc3c(-c4cnc(N)nc4)nc(N4CCOCC4)nc32)CCN(C(=O)CC2CC2)C1. The van der Waals surface area contributed by atoms with Gasteiger partial charge in [-0.1, -0.05) is 0 Å². The van der Waals surface area contributed by atoms with Gasteiger partial charge in [0.2, 0.25) is 17.8 Å². The highest BCUT2D eigenvalue weighted by Gasteiger charge is 2.45. The van der Waals surface area contributed by atoms with Crippen LogP contribution in [0.15, 0.2) is 12.4 Å². The third-order valence-electron chi connectivity index (χ3n) is 7.67. The lowest BCUT2D eigenvalue weighted by Gasteiger charge is -2.37. The van der Waals surface area contributed by atoms with Crippen molar-refractivity contribution in [2.45, 2.75) is 44.6 Å². The Kier molecular flexibility index (Phi) is 5.28. The number of fused-ring (bicyclic) bond motifs is 1. The van der Waals surface area contributed by atoms with Gasteiger partial charge in [-0.25, -0.2) is 15.0 Å². The molecule has 1 amide bonds. The van der Waals surface area contributed by atoms with E-state index in [9.17, 15) is 4.79 Å². The zero-order chi connectivity index (χ0) is 23.3. The predicted molar refractivity (Wildman–Crippen MR) is 128 cm³/mol. The highest BCUT2D eigenvalue weighted by Crippen LogP contribution is 2.42. The number of amides is 1. The molecule has 10 nitrogen and oxygen atoms in total. The van der Waals surface area contributed by atoms with Gasteiger partial charge in [0.25, 0.3) is 0 Å². The van der Waals surface area contributed by atoms with Crippen LogP contribution >= 0.6 is 0 Å². The highest BCUT2D eigenvalue weighted by molar-refractivity contribution is 5.78. The molecular weight excluding hydrogens is 432 g/mol. The number of carbonyl (C=O) groups is 1. The molecule has 0 aromatic carbocycles. The second-order valence-electron chi connectivity index (χ2n) is 10.2. The van der Waals surface area contributed by atoms with E-state index in [1.807, 2.05) is 0 Å². The quantitative estimate of drug-likeness (QED) is 0.703. The Morgan fingerprint density at radius 1 is 1.15 bits per heavy atom. The molecular formula is C24H32N8O2. The van der Waals surface area contributed by atoms with Crippen molar-refractivity contribution in [3.05, 3.63) is 18.0 Å². The van der Waals surface area contributed by atoms with Gasteiger partial charge in [-0.05, 0) is 38.5 Å². The van der Waals surface area contributed by atoms with E-state index in [1.54, 1.807) is 12.4 Å². The van der Waals surface area contributed by atoms with Crippen LogP contribution in [0.25, 0.3) is 11.3 Å². The van der Waals surface area contributed by atoms with Gasteiger partial charge < -0.3 is 25.2 Å². The lowest BCUT2D eigenvalue weighted by molar-refractivity contribution is -0.130. The van der Waals surface area contributed by atoms with Crippen molar-refractivity contribution in [2.75, 3.05) is 61.5 Å². The average molecular weight is 465 g/mol. The summed E-state index contributed by atoms with van der Waals surface area (Å²) in [5.74, 6) is 2.85. The molecule has 2 N–H and O–H groups in total. The second-order valence-corrected chi connectivity index (χ2v) is 10.2. The van der Waals surface area contributed by atoms with E-state index in [4.69, 9.17) is 20.4 Å². The van der Waals surface area contributed by atoms with E-state index < -0.39 is 0 Å². The van der Waals surface area contributed by atoms with Crippen LogP contribution in [0.1, 0.15) is 38.2 Å². The van der Waals surface area contributed by atoms with Crippen LogP contribution in [-0.2, 0) is 16.0 Å². The van der Waals surface area contributed by atoms with Crippen LogP contribution in [0.2, 0.25) is 0 Å². The van der Waals surface area contributed by atoms with Crippen molar-refractivity contribution in [3.8, 4) is 11.3 Å². The minimum atomic E-state index is -0.143. The standard InChI is InChI=1S/C24H32N8O2/c1-24(5-7-31(15-24)19(33)12-16-2-3-16)32-6-4-18-20(17-13-26-22(25)27-14-17)28-23(29-21(18)32)30-8-10-34-11-9-30/h13-14,16H,2-12,15H2,1H3,(H2,25,26,27)/t24-/m1/s1. The largest absolute Gasteiger partial charge is 0.378 e. The van der Waals surface area contributed by atoms with E-state index in [2.05, 4.69) is 31.6 Å². The normalized spacial score (nSPS) is 24.6. The van der Waals surface area contributed by atoms with Crippen molar-refractivity contribution in [1.82, 2.24) is 24.8 Å². The molecule has 3 aliphatic heterocycles. The van der Waals surface area contributed by atoms with E-state index in [-0.39, 0.29) is 11.5 Å². The van der Waals surface area contributed by atoms with Gasteiger partial charge >= 0.3 is 0 Å². The summed E-state index contributed by atoms with van der Waals surface area (Å²) in [7, 11) is 0. The smallest absolute Gasteiger partial charge is 0.228 e. The van der Waals surface area contributed by atoms with Crippen molar-refractivity contribution in [2.24, 2.45) is 5.92 Å². The van der Waals surface area contributed by atoms with Crippen LogP contribution < -0.4 is 15.5 Å². The fourth-order valence-corrected chi connectivity index (χ4v) is 5.45. The van der Waals surface area contributed by atoms with Gasteiger partial charge in [0.05, 0.1) is 24.4 Å². The molecule has 2 aromatic rings. The summed E-state index contributed by atoms with van der Waals surface area (Å²) in [6.45, 7) is 7.55. The van der Waals surface area contributed by atoms with Crippen molar-refractivity contribution < 1.29 is 9.53 Å². The van der Waals surface area contributed by atoms with E-state index >= 15 is 0 Å². The first-order chi connectivity index (χ1) is 16.5. The average Bonchev–Trinajstić information content (AvgIpc) is 3.40. The summed E-state index contributed by atoms with van der Waals surface area (Å²) >= 11 is 0. The lowest BCUT2D eigenvalue weighted by atomic mass is 9.99. The maximum atomic E-state index is 12.8. The Bertz CT molecular complexity index is 1080. The van der Waals surface area contributed by atoms with E-state index in [1.165, 1.54) is 12.8 Å². The molecule has 0 bridgehead atoms. The maximum Gasteiger partial charge on any atom is 0.228 e. The maximum absolute atomic E-state index is 12.8. The first-order valence-electron chi connectivity index (χ1n) is 12.4. The van der Waals surface area contributed by atoms with Crippen LogP contribution in [-0.4, -0.2) is 82.2 Å². The summed E-state index contributed by atoms with van der Waals surface area (Å²) in [5, 5.41) is 0. The zero-order valence-corrected chi connectivity index (χ0v) is 19.7. The molecule has 4 aliphatic rings. The molecule has 10 heteroatoms. The van der Waals surface area contributed by atoms with Gasteiger partial charge in [-0.3, -0.25) is 4.79 Å². The second kappa shape index (κ2) is 8.33. The number of hydrogen-bond acceptors (Lipinski definition) is 9.